The summed E-state index contributed by atoms with van der Waals surface area (Å²) in [6.45, 7) is 3.87. The van der Waals surface area contributed by atoms with Crippen molar-refractivity contribution in [3.05, 3.63) is 117 Å². The maximum absolute atomic E-state index is 11.5. The smallest absolute Gasteiger partial charge is 0.326 e. The molecule has 2 aliphatic rings. The van der Waals surface area contributed by atoms with Crippen LogP contribution in [0.3, 0.4) is 0 Å². The molecule has 17 nitrogen and oxygen atoms in total. The van der Waals surface area contributed by atoms with Crippen molar-refractivity contribution in [3.63, 3.8) is 0 Å². The Balaban J connectivity index is 0.000000165. The second kappa shape index (κ2) is 16.0. The second-order valence-electron chi connectivity index (χ2n) is 14.3. The summed E-state index contributed by atoms with van der Waals surface area (Å²) < 4.78 is 3.34. The average molecular weight is 781 g/mol. The standard InChI is InChI=1S/C22H21N7O3.C19H19N5O2/c1-12(30)23-10-13-3-2-4-14(7-13)17-9-19(25-16-5-6-16)29-20(26-17)15(11-24-29)8-18-21(31)28-22(32)27-18;1-12(26)20-9-13-3-2-4-14(7-13)17-8-18(22-16-5-6-16)24-19(23-17)15(11-25)10-21-24/h2-4,7-9,11,16,31H,5-6,10H2,1H3,(H,23,30)(H2,27,28,32);2-4,7-8,10-11,16,22H,5-6,9H2,1H3,(H,20,26). The fourth-order valence-corrected chi connectivity index (χ4v) is 6.23. The van der Waals surface area contributed by atoms with Crippen LogP contribution in [0.25, 0.3) is 39.9 Å². The van der Waals surface area contributed by atoms with Gasteiger partial charge >= 0.3 is 5.69 Å². The molecule has 2 saturated carbocycles. The summed E-state index contributed by atoms with van der Waals surface area (Å²) in [4.78, 5) is 64.3. The predicted octanol–water partition coefficient (Wildman–Crippen LogP) is 2.78. The molecule has 0 unspecified atom stereocenters. The lowest BCUT2D eigenvalue weighted by molar-refractivity contribution is -0.120. The van der Waals surface area contributed by atoms with Crippen LogP contribution in [0.5, 0.6) is 5.88 Å². The quantitative estimate of drug-likeness (QED) is 0.105. The predicted molar refractivity (Wildman–Crippen MR) is 214 cm³/mol. The Bertz CT molecular complexity index is 2880. The Kier molecular flexibility index (Phi) is 10.3. The van der Waals surface area contributed by atoms with Crippen LogP contribution in [0, 0.1) is 0 Å². The van der Waals surface area contributed by atoms with Gasteiger partial charge < -0.3 is 26.0 Å². The highest BCUT2D eigenvalue weighted by atomic mass is 16.3. The summed E-state index contributed by atoms with van der Waals surface area (Å²) in [5, 5.41) is 28.3. The Morgan fingerprint density at radius 3 is 2.07 bits per heavy atom. The number of aldehydes is 1. The van der Waals surface area contributed by atoms with Crippen molar-refractivity contribution in [1.29, 1.82) is 0 Å². The van der Waals surface area contributed by atoms with Crippen LogP contribution in [-0.4, -0.2) is 74.5 Å². The minimum absolute atomic E-state index is 0.0687. The van der Waals surface area contributed by atoms with Gasteiger partial charge in [-0.25, -0.2) is 14.8 Å². The van der Waals surface area contributed by atoms with Crippen molar-refractivity contribution in [3.8, 4) is 28.4 Å². The first-order valence-electron chi connectivity index (χ1n) is 18.8. The molecule has 58 heavy (non-hydrogen) atoms. The summed E-state index contributed by atoms with van der Waals surface area (Å²) in [7, 11) is 0. The summed E-state index contributed by atoms with van der Waals surface area (Å²) in [5.74, 6) is 0.415. The molecule has 2 aliphatic carbocycles. The molecule has 9 rings (SSSR count). The van der Waals surface area contributed by atoms with Crippen LogP contribution >= 0.6 is 0 Å². The van der Waals surface area contributed by atoms with Gasteiger partial charge in [-0.15, -0.1) is 0 Å². The SMILES string of the molecule is CC(=O)NCc1cccc(-c2cc(=NC3CC3)n3ncc(=Cc4[nH]c(=O)[nH]c4O)c3n2)c1.CC(=O)NCc1cccc(-c2cc(NC3CC3)n3ncc(C=O)c3n2)c1. The zero-order valence-corrected chi connectivity index (χ0v) is 31.7. The van der Waals surface area contributed by atoms with Gasteiger partial charge in [0.05, 0.1) is 35.4 Å². The molecule has 7 aromatic rings. The lowest BCUT2D eigenvalue weighted by Crippen LogP contribution is -2.20. The Hall–Kier alpha value is -7.43. The third-order valence-corrected chi connectivity index (χ3v) is 9.46. The minimum Gasteiger partial charge on any atom is -0.493 e. The van der Waals surface area contributed by atoms with Crippen molar-refractivity contribution < 1.29 is 19.5 Å². The molecule has 0 aliphatic heterocycles. The van der Waals surface area contributed by atoms with E-state index in [2.05, 4.69) is 41.1 Å². The van der Waals surface area contributed by atoms with Crippen LogP contribution < -0.4 is 32.3 Å². The number of benzene rings is 2. The van der Waals surface area contributed by atoms with Crippen LogP contribution in [0.1, 0.15) is 66.7 Å². The molecule has 2 aromatic carbocycles. The van der Waals surface area contributed by atoms with Crippen LogP contribution in [-0.2, 0) is 22.7 Å². The van der Waals surface area contributed by atoms with Gasteiger partial charge in [0.2, 0.25) is 17.7 Å². The molecular weight excluding hydrogens is 741 g/mol. The Morgan fingerprint density at radius 1 is 0.845 bits per heavy atom. The number of aromatic hydroxyl groups is 1. The number of nitrogens with one attached hydrogen (secondary N) is 5. The van der Waals surface area contributed by atoms with Gasteiger partial charge in [-0.3, -0.25) is 24.4 Å². The number of rotatable bonds is 11. The topological polar surface area (TPSA) is 229 Å². The normalized spacial score (nSPS) is 14.3. The largest absolute Gasteiger partial charge is 0.493 e. The van der Waals surface area contributed by atoms with E-state index in [1.165, 1.54) is 20.0 Å². The fraction of sp³-hybridized carbons (Fsp3) is 0.244. The molecule has 294 valence electrons. The molecule has 5 aromatic heterocycles. The number of amides is 2. The zero-order chi connectivity index (χ0) is 40.3. The van der Waals surface area contributed by atoms with Gasteiger partial charge in [0.15, 0.2) is 23.1 Å². The highest BCUT2D eigenvalue weighted by Crippen LogP contribution is 2.29. The van der Waals surface area contributed by atoms with Crippen molar-refractivity contribution in [2.45, 2.75) is 64.7 Å². The maximum atomic E-state index is 11.5. The second-order valence-corrected chi connectivity index (χ2v) is 14.3. The molecular formula is C41H40N12O5. The number of imidazole rings is 1. The van der Waals surface area contributed by atoms with Gasteiger partial charge in [0, 0.05) is 61.5 Å². The number of carbonyl (C=O) groups is 3. The van der Waals surface area contributed by atoms with Crippen molar-refractivity contribution in [1.82, 2.24) is 49.8 Å². The van der Waals surface area contributed by atoms with Gasteiger partial charge in [-0.2, -0.15) is 19.2 Å². The molecule has 6 N–H and O–H groups in total. The highest BCUT2D eigenvalue weighted by molar-refractivity contribution is 5.85. The molecule has 0 atom stereocenters. The van der Waals surface area contributed by atoms with Gasteiger partial charge in [-0.05, 0) is 55.0 Å². The molecule has 0 bridgehead atoms. The number of nitrogens with zero attached hydrogens (tertiary/aromatic N) is 7. The van der Waals surface area contributed by atoms with Crippen molar-refractivity contribution in [2.75, 3.05) is 5.32 Å². The number of hydrogen-bond acceptors (Lipinski definition) is 11. The number of carbonyl (C=O) groups excluding carboxylic acids is 3. The lowest BCUT2D eigenvalue weighted by Gasteiger charge is -2.11. The third-order valence-electron chi connectivity index (χ3n) is 9.46. The first-order valence-corrected chi connectivity index (χ1v) is 18.8. The zero-order valence-electron chi connectivity index (χ0n) is 31.7. The van der Waals surface area contributed by atoms with Gasteiger partial charge in [0.1, 0.15) is 11.5 Å². The molecule has 0 saturated heterocycles. The van der Waals surface area contributed by atoms with Crippen LogP contribution in [0.15, 0.2) is 82.8 Å². The van der Waals surface area contributed by atoms with Crippen LogP contribution in [0.2, 0.25) is 0 Å². The van der Waals surface area contributed by atoms with E-state index in [1.807, 2.05) is 60.7 Å². The number of anilines is 1. The molecule has 2 fully saturated rings. The summed E-state index contributed by atoms with van der Waals surface area (Å²) in [6.07, 6.45) is 9.89. The van der Waals surface area contributed by atoms with E-state index in [0.717, 1.165) is 65.7 Å². The average Bonchev–Trinajstić information content (AvgIpc) is 4.11. The number of aromatic amines is 2. The van der Waals surface area contributed by atoms with E-state index in [9.17, 15) is 24.3 Å². The monoisotopic (exact) mass is 780 g/mol. The van der Waals surface area contributed by atoms with Gasteiger partial charge in [0.25, 0.3) is 0 Å². The number of fused-ring (bicyclic) bond motifs is 2. The number of hydrogen-bond donors (Lipinski definition) is 6. The van der Waals surface area contributed by atoms with Crippen molar-refractivity contribution >= 4 is 41.3 Å². The van der Waals surface area contributed by atoms with E-state index in [4.69, 9.17) is 9.98 Å². The number of H-pyrrole nitrogens is 2. The Morgan fingerprint density at radius 2 is 1.48 bits per heavy atom. The Labute approximate surface area is 330 Å². The molecule has 17 heteroatoms. The first kappa shape index (κ1) is 37.5. The third kappa shape index (κ3) is 8.67. The van der Waals surface area contributed by atoms with E-state index in [1.54, 1.807) is 21.3 Å². The maximum Gasteiger partial charge on any atom is 0.326 e. The summed E-state index contributed by atoms with van der Waals surface area (Å²) in [5.41, 5.74) is 7.19. The molecule has 5 heterocycles. The first-order chi connectivity index (χ1) is 28.1. The molecule has 0 radical (unpaired) electrons. The van der Waals surface area contributed by atoms with E-state index >= 15 is 0 Å². The lowest BCUT2D eigenvalue weighted by atomic mass is 10.1. The van der Waals surface area contributed by atoms with E-state index in [-0.39, 0.29) is 29.4 Å². The fourth-order valence-electron chi connectivity index (χ4n) is 6.23. The summed E-state index contributed by atoms with van der Waals surface area (Å²) >= 11 is 0. The van der Waals surface area contributed by atoms with Gasteiger partial charge in [-0.1, -0.05) is 36.4 Å². The van der Waals surface area contributed by atoms with Crippen molar-refractivity contribution in [2.24, 2.45) is 4.99 Å². The summed E-state index contributed by atoms with van der Waals surface area (Å²) in [6, 6.07) is 20.2. The molecule has 0 spiro atoms. The minimum atomic E-state index is -0.501. The van der Waals surface area contributed by atoms with E-state index in [0.29, 0.717) is 52.4 Å². The van der Waals surface area contributed by atoms with Crippen LogP contribution in [0.4, 0.5) is 5.82 Å². The van der Waals surface area contributed by atoms with E-state index < -0.39 is 5.69 Å². The number of aromatic nitrogens is 8. The molecule has 2 amide bonds. The highest BCUT2D eigenvalue weighted by Gasteiger charge is 2.24.